The van der Waals surface area contributed by atoms with Crippen LogP contribution >= 0.6 is 0 Å². The number of hydrogen-bond acceptors (Lipinski definition) is 4. The summed E-state index contributed by atoms with van der Waals surface area (Å²) in [6, 6.07) is 0.466. The summed E-state index contributed by atoms with van der Waals surface area (Å²) in [4.78, 5) is 16.6. The second kappa shape index (κ2) is 6.97. The highest BCUT2D eigenvalue weighted by atomic mass is 16.5. The highest BCUT2D eigenvalue weighted by Gasteiger charge is 2.31. The van der Waals surface area contributed by atoms with Crippen LogP contribution in [0.15, 0.2) is 0 Å². The molecule has 0 aliphatic carbocycles. The maximum Gasteiger partial charge on any atom is 0.323 e. The molecule has 0 aromatic heterocycles. The monoisotopic (exact) mass is 242 g/mol. The van der Waals surface area contributed by atoms with E-state index in [9.17, 15) is 4.79 Å². The normalized spacial score (nSPS) is 24.6. The summed E-state index contributed by atoms with van der Waals surface area (Å²) >= 11 is 0. The molecule has 4 nitrogen and oxygen atoms in total. The molecule has 1 aliphatic heterocycles. The first-order valence-electron chi connectivity index (χ1n) is 6.71. The zero-order valence-corrected chi connectivity index (χ0v) is 11.6. The van der Waals surface area contributed by atoms with Gasteiger partial charge in [-0.3, -0.25) is 9.69 Å². The highest BCUT2D eigenvalue weighted by Crippen LogP contribution is 2.15. The molecular weight excluding hydrogens is 216 g/mol. The average molecular weight is 242 g/mol. The van der Waals surface area contributed by atoms with E-state index in [1.807, 2.05) is 6.92 Å². The SMILES string of the molecule is CCCC(C(=O)OCC)N1CCN(C)C(C)C1. The van der Waals surface area contributed by atoms with Crippen molar-refractivity contribution in [3.8, 4) is 0 Å². The van der Waals surface area contributed by atoms with Gasteiger partial charge in [0.25, 0.3) is 0 Å². The highest BCUT2D eigenvalue weighted by molar-refractivity contribution is 5.75. The van der Waals surface area contributed by atoms with Crippen molar-refractivity contribution in [2.24, 2.45) is 0 Å². The lowest BCUT2D eigenvalue weighted by molar-refractivity contribution is -0.151. The standard InChI is InChI=1S/C13H26N2O2/c1-5-7-12(13(16)17-6-2)15-9-8-14(4)11(3)10-15/h11-12H,5-10H2,1-4H3. The van der Waals surface area contributed by atoms with Crippen LogP contribution < -0.4 is 0 Å². The number of carbonyl (C=O) groups is 1. The Morgan fingerprint density at radius 1 is 1.41 bits per heavy atom. The van der Waals surface area contributed by atoms with Gasteiger partial charge >= 0.3 is 5.97 Å². The second-order valence-electron chi connectivity index (χ2n) is 4.88. The van der Waals surface area contributed by atoms with Gasteiger partial charge in [0, 0.05) is 25.7 Å². The van der Waals surface area contributed by atoms with Crippen molar-refractivity contribution in [2.75, 3.05) is 33.3 Å². The van der Waals surface area contributed by atoms with E-state index in [1.54, 1.807) is 0 Å². The number of nitrogens with zero attached hydrogens (tertiary/aromatic N) is 2. The molecule has 2 atom stereocenters. The van der Waals surface area contributed by atoms with Gasteiger partial charge in [-0.1, -0.05) is 13.3 Å². The van der Waals surface area contributed by atoms with Crippen LogP contribution in [0.4, 0.5) is 0 Å². The smallest absolute Gasteiger partial charge is 0.323 e. The predicted molar refractivity (Wildman–Crippen MR) is 69.0 cm³/mol. The van der Waals surface area contributed by atoms with Crippen molar-refractivity contribution in [2.45, 2.75) is 45.7 Å². The molecule has 1 saturated heterocycles. The number of carbonyl (C=O) groups excluding carboxylic acids is 1. The molecule has 1 fully saturated rings. The molecule has 0 aromatic carbocycles. The van der Waals surface area contributed by atoms with Gasteiger partial charge in [-0.05, 0) is 27.3 Å². The third-order valence-electron chi connectivity index (χ3n) is 3.55. The molecule has 0 saturated carbocycles. The Kier molecular flexibility index (Phi) is 5.92. The molecule has 1 aliphatic rings. The first-order chi connectivity index (χ1) is 8.10. The maximum absolute atomic E-state index is 11.9. The number of esters is 1. The summed E-state index contributed by atoms with van der Waals surface area (Å²) in [6.07, 6.45) is 1.92. The number of piperazine rings is 1. The van der Waals surface area contributed by atoms with Crippen molar-refractivity contribution in [1.82, 2.24) is 9.80 Å². The van der Waals surface area contributed by atoms with Crippen LogP contribution in [0.25, 0.3) is 0 Å². The molecule has 0 spiro atoms. The minimum absolute atomic E-state index is 0.0453. The Morgan fingerprint density at radius 2 is 2.12 bits per heavy atom. The minimum Gasteiger partial charge on any atom is -0.465 e. The van der Waals surface area contributed by atoms with E-state index in [-0.39, 0.29) is 12.0 Å². The summed E-state index contributed by atoms with van der Waals surface area (Å²) in [5.41, 5.74) is 0. The van der Waals surface area contributed by atoms with Crippen molar-refractivity contribution >= 4 is 5.97 Å². The molecule has 1 rings (SSSR count). The zero-order chi connectivity index (χ0) is 12.8. The number of hydrogen-bond donors (Lipinski definition) is 0. The van der Waals surface area contributed by atoms with Gasteiger partial charge in [0.2, 0.25) is 0 Å². The molecular formula is C13H26N2O2. The van der Waals surface area contributed by atoms with Crippen LogP contribution in [0.1, 0.15) is 33.6 Å². The lowest BCUT2D eigenvalue weighted by Crippen LogP contribution is -2.55. The van der Waals surface area contributed by atoms with E-state index < -0.39 is 0 Å². The molecule has 2 unspecified atom stereocenters. The van der Waals surface area contributed by atoms with Crippen molar-refractivity contribution < 1.29 is 9.53 Å². The molecule has 1 heterocycles. The zero-order valence-electron chi connectivity index (χ0n) is 11.6. The Morgan fingerprint density at radius 3 is 2.65 bits per heavy atom. The molecule has 4 heteroatoms. The number of rotatable bonds is 5. The Balaban J connectivity index is 2.60. The van der Waals surface area contributed by atoms with E-state index >= 15 is 0 Å². The van der Waals surface area contributed by atoms with Crippen LogP contribution in [0, 0.1) is 0 Å². The van der Waals surface area contributed by atoms with E-state index in [1.165, 1.54) is 0 Å². The van der Waals surface area contributed by atoms with Gasteiger partial charge in [0.15, 0.2) is 0 Å². The minimum atomic E-state index is -0.0499. The molecule has 100 valence electrons. The third-order valence-corrected chi connectivity index (χ3v) is 3.55. The third kappa shape index (κ3) is 3.96. The van der Waals surface area contributed by atoms with Gasteiger partial charge in [-0.2, -0.15) is 0 Å². The quantitative estimate of drug-likeness (QED) is 0.681. The molecule has 0 bridgehead atoms. The van der Waals surface area contributed by atoms with E-state index in [2.05, 4.69) is 30.7 Å². The number of ether oxygens (including phenoxy) is 1. The first kappa shape index (κ1) is 14.5. The maximum atomic E-state index is 11.9. The Labute approximate surface area is 105 Å². The Hall–Kier alpha value is -0.610. The fourth-order valence-electron chi connectivity index (χ4n) is 2.32. The van der Waals surface area contributed by atoms with Gasteiger partial charge in [-0.25, -0.2) is 0 Å². The summed E-state index contributed by atoms with van der Waals surface area (Å²) < 4.78 is 5.18. The molecule has 17 heavy (non-hydrogen) atoms. The first-order valence-corrected chi connectivity index (χ1v) is 6.71. The van der Waals surface area contributed by atoms with Gasteiger partial charge in [0.1, 0.15) is 6.04 Å². The van der Waals surface area contributed by atoms with Gasteiger partial charge in [0.05, 0.1) is 6.61 Å². The van der Waals surface area contributed by atoms with E-state index in [0.29, 0.717) is 12.6 Å². The van der Waals surface area contributed by atoms with Crippen LogP contribution in [-0.2, 0) is 9.53 Å². The van der Waals surface area contributed by atoms with Crippen molar-refractivity contribution in [3.05, 3.63) is 0 Å². The Bertz CT molecular complexity index is 246. The fourth-order valence-corrected chi connectivity index (χ4v) is 2.32. The fraction of sp³-hybridized carbons (Fsp3) is 0.923. The van der Waals surface area contributed by atoms with Gasteiger partial charge < -0.3 is 9.64 Å². The average Bonchev–Trinajstić information content (AvgIpc) is 2.30. The molecule has 0 N–H and O–H groups in total. The van der Waals surface area contributed by atoms with Crippen molar-refractivity contribution in [3.63, 3.8) is 0 Å². The number of likely N-dealkylation sites (N-methyl/N-ethyl adjacent to an activating group) is 1. The predicted octanol–water partition coefficient (Wildman–Crippen LogP) is 1.35. The summed E-state index contributed by atoms with van der Waals surface area (Å²) in [7, 11) is 2.14. The van der Waals surface area contributed by atoms with Crippen LogP contribution in [0.2, 0.25) is 0 Å². The second-order valence-corrected chi connectivity index (χ2v) is 4.88. The lowest BCUT2D eigenvalue weighted by atomic mass is 10.1. The van der Waals surface area contributed by atoms with Crippen molar-refractivity contribution in [1.29, 1.82) is 0 Å². The summed E-state index contributed by atoms with van der Waals surface area (Å²) in [5.74, 6) is -0.0499. The molecule has 0 amide bonds. The summed E-state index contributed by atoms with van der Waals surface area (Å²) in [6.45, 7) is 9.62. The van der Waals surface area contributed by atoms with Crippen LogP contribution in [0.5, 0.6) is 0 Å². The van der Waals surface area contributed by atoms with Gasteiger partial charge in [-0.15, -0.1) is 0 Å². The van der Waals surface area contributed by atoms with Crippen LogP contribution in [0.3, 0.4) is 0 Å². The lowest BCUT2D eigenvalue weighted by Gasteiger charge is -2.40. The topological polar surface area (TPSA) is 32.8 Å². The summed E-state index contributed by atoms with van der Waals surface area (Å²) in [5, 5.41) is 0. The van der Waals surface area contributed by atoms with E-state index in [4.69, 9.17) is 4.74 Å². The van der Waals surface area contributed by atoms with Crippen LogP contribution in [-0.4, -0.2) is 61.1 Å². The van der Waals surface area contributed by atoms with E-state index in [0.717, 1.165) is 32.5 Å². The molecule has 0 radical (unpaired) electrons. The molecule has 0 aromatic rings. The largest absolute Gasteiger partial charge is 0.465 e.